The molecule has 5 nitrogen and oxygen atoms in total. The molecule has 0 aliphatic rings. The molecule has 18 heavy (non-hydrogen) atoms. The first-order valence-corrected chi connectivity index (χ1v) is 6.32. The van der Waals surface area contributed by atoms with E-state index in [4.69, 9.17) is 10.00 Å². The number of ether oxygens (including phenoxy) is 1. The molecule has 0 radical (unpaired) electrons. The van der Waals surface area contributed by atoms with Gasteiger partial charge >= 0.3 is 0 Å². The Bertz CT molecular complexity index is 561. The maximum Gasteiger partial charge on any atom is 0.205 e. The molecule has 0 unspecified atom stereocenters. The Morgan fingerprint density at radius 1 is 1.44 bits per heavy atom. The first-order valence-electron chi connectivity index (χ1n) is 5.51. The third-order valence-corrected chi connectivity index (χ3v) is 2.97. The standard InChI is InChI=1S/C12H12N4OS/c1-2-14-12-16-15-11(18-12)8-17-10-5-3-4-9(6-10)7-13/h3-6H,2,8H2,1H3,(H,14,16). The number of anilines is 1. The lowest BCUT2D eigenvalue weighted by Crippen LogP contribution is -1.95. The van der Waals surface area contributed by atoms with E-state index in [1.54, 1.807) is 18.2 Å². The van der Waals surface area contributed by atoms with Gasteiger partial charge in [0.2, 0.25) is 5.13 Å². The van der Waals surface area contributed by atoms with Crippen LogP contribution in [0.3, 0.4) is 0 Å². The molecule has 1 aromatic heterocycles. The van der Waals surface area contributed by atoms with Crippen LogP contribution in [0.25, 0.3) is 0 Å². The van der Waals surface area contributed by atoms with Crippen LogP contribution in [0.15, 0.2) is 24.3 Å². The minimum Gasteiger partial charge on any atom is -0.486 e. The highest BCUT2D eigenvalue weighted by Crippen LogP contribution is 2.18. The van der Waals surface area contributed by atoms with E-state index in [0.29, 0.717) is 17.9 Å². The average Bonchev–Trinajstić information content (AvgIpc) is 2.85. The van der Waals surface area contributed by atoms with E-state index in [9.17, 15) is 0 Å². The summed E-state index contributed by atoms with van der Waals surface area (Å²) in [6.07, 6.45) is 0. The van der Waals surface area contributed by atoms with Crippen molar-refractivity contribution in [3.05, 3.63) is 34.8 Å². The van der Waals surface area contributed by atoms with Crippen LogP contribution >= 0.6 is 11.3 Å². The van der Waals surface area contributed by atoms with Crippen molar-refractivity contribution in [1.29, 1.82) is 5.26 Å². The van der Waals surface area contributed by atoms with Gasteiger partial charge in [-0.1, -0.05) is 17.4 Å². The van der Waals surface area contributed by atoms with Crippen LogP contribution < -0.4 is 10.1 Å². The highest BCUT2D eigenvalue weighted by molar-refractivity contribution is 7.15. The molecular weight excluding hydrogens is 248 g/mol. The number of benzene rings is 1. The second-order valence-corrected chi connectivity index (χ2v) is 4.52. The molecule has 2 aromatic rings. The number of aromatic nitrogens is 2. The van der Waals surface area contributed by atoms with Crippen molar-refractivity contribution in [2.24, 2.45) is 0 Å². The van der Waals surface area contributed by atoms with Crippen molar-refractivity contribution >= 4 is 16.5 Å². The van der Waals surface area contributed by atoms with Crippen LogP contribution in [0.2, 0.25) is 0 Å². The van der Waals surface area contributed by atoms with Gasteiger partial charge in [0.05, 0.1) is 11.6 Å². The van der Waals surface area contributed by atoms with Gasteiger partial charge in [-0.25, -0.2) is 0 Å². The molecule has 0 saturated heterocycles. The van der Waals surface area contributed by atoms with Crippen molar-refractivity contribution in [2.45, 2.75) is 13.5 Å². The second-order valence-electron chi connectivity index (χ2n) is 3.46. The number of hydrogen-bond donors (Lipinski definition) is 1. The summed E-state index contributed by atoms with van der Waals surface area (Å²) in [5.74, 6) is 0.661. The third-order valence-electron chi connectivity index (χ3n) is 2.12. The van der Waals surface area contributed by atoms with Gasteiger partial charge in [-0.05, 0) is 25.1 Å². The molecule has 1 N–H and O–H groups in total. The summed E-state index contributed by atoms with van der Waals surface area (Å²) in [6.45, 7) is 3.18. The molecule has 6 heteroatoms. The maximum absolute atomic E-state index is 8.78. The Labute approximate surface area is 109 Å². The van der Waals surface area contributed by atoms with Crippen molar-refractivity contribution in [3.8, 4) is 11.8 Å². The molecule has 0 saturated carbocycles. The van der Waals surface area contributed by atoms with E-state index in [0.717, 1.165) is 16.7 Å². The van der Waals surface area contributed by atoms with Gasteiger partial charge < -0.3 is 10.1 Å². The van der Waals surface area contributed by atoms with Crippen molar-refractivity contribution in [1.82, 2.24) is 10.2 Å². The number of nitrogens with zero attached hydrogens (tertiary/aromatic N) is 3. The van der Waals surface area contributed by atoms with Crippen molar-refractivity contribution in [2.75, 3.05) is 11.9 Å². The molecule has 92 valence electrons. The van der Waals surface area contributed by atoms with Crippen molar-refractivity contribution < 1.29 is 4.74 Å². The third kappa shape index (κ3) is 3.18. The van der Waals surface area contributed by atoms with Crippen LogP contribution in [0.5, 0.6) is 5.75 Å². The fraction of sp³-hybridized carbons (Fsp3) is 0.250. The van der Waals surface area contributed by atoms with Gasteiger partial charge in [-0.2, -0.15) is 5.26 Å². The maximum atomic E-state index is 8.78. The fourth-order valence-electron chi connectivity index (χ4n) is 1.34. The minimum absolute atomic E-state index is 0.359. The van der Waals surface area contributed by atoms with E-state index in [1.807, 2.05) is 13.0 Å². The predicted molar refractivity (Wildman–Crippen MR) is 69.6 cm³/mol. The lowest BCUT2D eigenvalue weighted by Gasteiger charge is -2.03. The topological polar surface area (TPSA) is 70.8 Å². The quantitative estimate of drug-likeness (QED) is 0.894. The van der Waals surface area contributed by atoms with Gasteiger partial charge in [0, 0.05) is 6.54 Å². The number of nitrogens with one attached hydrogen (secondary N) is 1. The Kier molecular flexibility index (Phi) is 4.10. The molecule has 0 bridgehead atoms. The molecule has 0 aliphatic heterocycles. The summed E-state index contributed by atoms with van der Waals surface area (Å²) in [5, 5.41) is 21.4. The zero-order valence-corrected chi connectivity index (χ0v) is 10.7. The van der Waals surface area contributed by atoms with Crippen LogP contribution in [-0.4, -0.2) is 16.7 Å². The number of rotatable bonds is 5. The average molecular weight is 260 g/mol. The van der Waals surface area contributed by atoms with Gasteiger partial charge in [0.25, 0.3) is 0 Å². The van der Waals surface area contributed by atoms with Gasteiger partial charge in [-0.3, -0.25) is 0 Å². The summed E-state index contributed by atoms with van der Waals surface area (Å²) >= 11 is 1.46. The summed E-state index contributed by atoms with van der Waals surface area (Å²) in [4.78, 5) is 0. The van der Waals surface area contributed by atoms with Gasteiger partial charge in [0.15, 0.2) is 5.01 Å². The van der Waals surface area contributed by atoms with E-state index >= 15 is 0 Å². The fourth-order valence-corrected chi connectivity index (χ4v) is 2.06. The summed E-state index contributed by atoms with van der Waals surface area (Å²) in [7, 11) is 0. The predicted octanol–water partition coefficient (Wildman–Crippen LogP) is 2.42. The second kappa shape index (κ2) is 5.98. The SMILES string of the molecule is CCNc1nnc(COc2cccc(C#N)c2)s1. The van der Waals surface area contributed by atoms with E-state index < -0.39 is 0 Å². The highest BCUT2D eigenvalue weighted by atomic mass is 32.1. The van der Waals surface area contributed by atoms with Crippen LogP contribution in [0.1, 0.15) is 17.5 Å². The molecule has 0 spiro atoms. The van der Waals surface area contributed by atoms with E-state index in [2.05, 4.69) is 21.6 Å². The summed E-state index contributed by atoms with van der Waals surface area (Å²) in [5.41, 5.74) is 0.582. The monoisotopic (exact) mass is 260 g/mol. The summed E-state index contributed by atoms with van der Waals surface area (Å²) < 4.78 is 5.56. The first kappa shape index (κ1) is 12.3. The first-order chi connectivity index (χ1) is 8.81. The summed E-state index contributed by atoms with van der Waals surface area (Å²) in [6, 6.07) is 9.11. The van der Waals surface area contributed by atoms with Gasteiger partial charge in [-0.15, -0.1) is 10.2 Å². The Balaban J connectivity index is 1.96. The number of hydrogen-bond acceptors (Lipinski definition) is 6. The molecular formula is C12H12N4OS. The largest absolute Gasteiger partial charge is 0.486 e. The van der Waals surface area contributed by atoms with Crippen LogP contribution in [-0.2, 0) is 6.61 Å². The lowest BCUT2D eigenvalue weighted by molar-refractivity contribution is 0.304. The molecule has 0 amide bonds. The zero-order valence-electron chi connectivity index (χ0n) is 9.88. The number of nitriles is 1. The zero-order chi connectivity index (χ0) is 12.8. The van der Waals surface area contributed by atoms with Gasteiger partial charge in [0.1, 0.15) is 12.4 Å². The normalized spacial score (nSPS) is 9.78. The Hall–Kier alpha value is -2.13. The van der Waals surface area contributed by atoms with E-state index in [1.165, 1.54) is 11.3 Å². The smallest absolute Gasteiger partial charge is 0.205 e. The van der Waals surface area contributed by atoms with E-state index in [-0.39, 0.29) is 0 Å². The molecule has 1 aromatic carbocycles. The molecule has 0 fully saturated rings. The molecule has 0 atom stereocenters. The Morgan fingerprint density at radius 2 is 2.33 bits per heavy atom. The molecule has 1 heterocycles. The lowest BCUT2D eigenvalue weighted by atomic mass is 10.2. The highest BCUT2D eigenvalue weighted by Gasteiger charge is 2.04. The van der Waals surface area contributed by atoms with Crippen LogP contribution in [0, 0.1) is 11.3 Å². The van der Waals surface area contributed by atoms with Crippen molar-refractivity contribution in [3.63, 3.8) is 0 Å². The molecule has 0 aliphatic carbocycles. The molecule has 2 rings (SSSR count). The minimum atomic E-state index is 0.359. The van der Waals surface area contributed by atoms with Crippen LogP contribution in [0.4, 0.5) is 5.13 Å². The Morgan fingerprint density at radius 3 is 3.11 bits per heavy atom.